The first kappa shape index (κ1) is 18.8. The number of carbonyl (C=O) groups excluding carboxylic acids is 3. The Morgan fingerprint density at radius 3 is 2.22 bits per heavy atom. The Hall–Kier alpha value is -3.02. The van der Waals surface area contributed by atoms with E-state index in [1.807, 2.05) is 12.1 Å². The first-order valence-corrected chi connectivity index (χ1v) is 8.75. The SMILES string of the molecule is CC(C)c1ccc(C(=O)CN2C(=O)NC(C)(c3ccc(F)cc3)C2=O)cc1. The van der Waals surface area contributed by atoms with Crippen LogP contribution in [0.4, 0.5) is 9.18 Å². The van der Waals surface area contributed by atoms with Gasteiger partial charge in [0, 0.05) is 5.56 Å². The van der Waals surface area contributed by atoms with Gasteiger partial charge in [-0.15, -0.1) is 0 Å². The van der Waals surface area contributed by atoms with Gasteiger partial charge in [0.1, 0.15) is 11.4 Å². The van der Waals surface area contributed by atoms with E-state index in [1.165, 1.54) is 24.3 Å². The van der Waals surface area contributed by atoms with Crippen LogP contribution in [0.5, 0.6) is 0 Å². The highest BCUT2D eigenvalue weighted by molar-refractivity contribution is 6.11. The predicted octanol–water partition coefficient (Wildman–Crippen LogP) is 3.60. The molecule has 3 amide bonds. The zero-order valence-corrected chi connectivity index (χ0v) is 15.5. The lowest BCUT2D eigenvalue weighted by Gasteiger charge is -2.22. The van der Waals surface area contributed by atoms with Crippen molar-refractivity contribution in [3.63, 3.8) is 0 Å². The molecule has 0 aromatic heterocycles. The molecule has 140 valence electrons. The molecule has 1 saturated heterocycles. The van der Waals surface area contributed by atoms with Crippen molar-refractivity contribution >= 4 is 17.7 Å². The fourth-order valence-electron chi connectivity index (χ4n) is 3.11. The number of hydrogen-bond acceptors (Lipinski definition) is 3. The molecule has 1 aliphatic rings. The molecule has 6 heteroatoms. The minimum atomic E-state index is -1.33. The molecule has 2 aromatic rings. The maximum absolute atomic E-state index is 13.2. The quantitative estimate of drug-likeness (QED) is 0.648. The largest absolute Gasteiger partial charge is 0.325 e. The molecule has 1 aliphatic heterocycles. The maximum atomic E-state index is 13.2. The van der Waals surface area contributed by atoms with Gasteiger partial charge in [0.2, 0.25) is 0 Å². The molecule has 0 spiro atoms. The number of nitrogens with one attached hydrogen (secondary N) is 1. The Balaban J connectivity index is 1.79. The lowest BCUT2D eigenvalue weighted by molar-refractivity contribution is -0.130. The normalized spacial score (nSPS) is 19.5. The van der Waals surface area contributed by atoms with Gasteiger partial charge in [0.25, 0.3) is 5.91 Å². The average molecular weight is 368 g/mol. The zero-order chi connectivity index (χ0) is 19.8. The van der Waals surface area contributed by atoms with E-state index in [0.717, 1.165) is 10.5 Å². The van der Waals surface area contributed by atoms with E-state index in [9.17, 15) is 18.8 Å². The van der Waals surface area contributed by atoms with E-state index in [0.29, 0.717) is 17.0 Å². The zero-order valence-electron chi connectivity index (χ0n) is 15.5. The molecule has 1 unspecified atom stereocenters. The van der Waals surface area contributed by atoms with Gasteiger partial charge in [-0.2, -0.15) is 0 Å². The molecule has 2 aromatic carbocycles. The molecule has 27 heavy (non-hydrogen) atoms. The van der Waals surface area contributed by atoms with Crippen molar-refractivity contribution in [1.29, 1.82) is 0 Å². The van der Waals surface area contributed by atoms with Crippen molar-refractivity contribution in [2.75, 3.05) is 6.54 Å². The number of halogens is 1. The van der Waals surface area contributed by atoms with Gasteiger partial charge < -0.3 is 5.32 Å². The van der Waals surface area contributed by atoms with Gasteiger partial charge in [-0.05, 0) is 36.1 Å². The number of urea groups is 1. The van der Waals surface area contributed by atoms with Crippen LogP contribution in [0.1, 0.15) is 48.2 Å². The van der Waals surface area contributed by atoms with Crippen LogP contribution in [0.2, 0.25) is 0 Å². The number of benzene rings is 2. The van der Waals surface area contributed by atoms with Gasteiger partial charge in [0.15, 0.2) is 5.78 Å². The number of imide groups is 1. The molecule has 1 atom stereocenters. The van der Waals surface area contributed by atoms with E-state index in [1.54, 1.807) is 19.1 Å². The summed E-state index contributed by atoms with van der Waals surface area (Å²) in [6, 6.07) is 11.9. The van der Waals surface area contributed by atoms with E-state index in [4.69, 9.17) is 0 Å². The third kappa shape index (κ3) is 3.47. The fraction of sp³-hybridized carbons (Fsp3) is 0.286. The monoisotopic (exact) mass is 368 g/mol. The highest BCUT2D eigenvalue weighted by Gasteiger charge is 2.49. The minimum Gasteiger partial charge on any atom is -0.319 e. The van der Waals surface area contributed by atoms with Crippen molar-refractivity contribution in [1.82, 2.24) is 10.2 Å². The van der Waals surface area contributed by atoms with E-state index in [-0.39, 0.29) is 12.3 Å². The number of ketones is 1. The molecule has 5 nitrogen and oxygen atoms in total. The van der Waals surface area contributed by atoms with Crippen LogP contribution in [0.25, 0.3) is 0 Å². The molecule has 1 fully saturated rings. The Morgan fingerprint density at radius 1 is 1.07 bits per heavy atom. The summed E-state index contributed by atoms with van der Waals surface area (Å²) in [5, 5.41) is 2.61. The minimum absolute atomic E-state index is 0.322. The second-order valence-electron chi connectivity index (χ2n) is 7.15. The highest BCUT2D eigenvalue weighted by Crippen LogP contribution is 2.29. The van der Waals surface area contributed by atoms with Crippen LogP contribution in [-0.4, -0.2) is 29.2 Å². The van der Waals surface area contributed by atoms with Crippen molar-refractivity contribution in [2.45, 2.75) is 32.2 Å². The smallest absolute Gasteiger partial charge is 0.319 e. The summed E-state index contributed by atoms with van der Waals surface area (Å²) >= 11 is 0. The number of rotatable bonds is 5. The van der Waals surface area contributed by atoms with E-state index >= 15 is 0 Å². The third-order valence-corrected chi connectivity index (χ3v) is 4.90. The van der Waals surface area contributed by atoms with Crippen molar-refractivity contribution in [2.24, 2.45) is 0 Å². The Morgan fingerprint density at radius 2 is 1.67 bits per heavy atom. The molecule has 1 heterocycles. The topological polar surface area (TPSA) is 66.5 Å². The summed E-state index contributed by atoms with van der Waals surface area (Å²) in [6.45, 7) is 5.31. The third-order valence-electron chi connectivity index (χ3n) is 4.90. The molecule has 0 bridgehead atoms. The number of hydrogen-bond donors (Lipinski definition) is 1. The fourth-order valence-corrected chi connectivity index (χ4v) is 3.11. The second-order valence-corrected chi connectivity index (χ2v) is 7.15. The maximum Gasteiger partial charge on any atom is 0.325 e. The summed E-state index contributed by atoms with van der Waals surface area (Å²) in [4.78, 5) is 38.6. The highest BCUT2D eigenvalue weighted by atomic mass is 19.1. The van der Waals surface area contributed by atoms with Gasteiger partial charge in [-0.1, -0.05) is 50.2 Å². The predicted molar refractivity (Wildman–Crippen MR) is 98.9 cm³/mol. The standard InChI is InChI=1S/C21H21FN2O3/c1-13(2)14-4-6-15(7-5-14)18(25)12-24-19(26)21(3,23-20(24)27)16-8-10-17(22)11-9-16/h4-11,13H,12H2,1-3H3,(H,23,27). The summed E-state index contributed by atoms with van der Waals surface area (Å²) in [5.74, 6) is -0.948. The van der Waals surface area contributed by atoms with Crippen LogP contribution >= 0.6 is 0 Å². The number of carbonyl (C=O) groups is 3. The Bertz CT molecular complexity index is 891. The van der Waals surface area contributed by atoms with E-state index < -0.39 is 23.3 Å². The lowest BCUT2D eigenvalue weighted by Crippen LogP contribution is -2.41. The van der Waals surface area contributed by atoms with Crippen molar-refractivity contribution < 1.29 is 18.8 Å². The lowest BCUT2D eigenvalue weighted by atomic mass is 9.92. The number of Topliss-reactive ketones (excluding diaryl/α,β-unsaturated/α-hetero) is 1. The Labute approximate surface area is 157 Å². The molecular formula is C21H21FN2O3. The summed E-state index contributed by atoms with van der Waals surface area (Å²) < 4.78 is 13.2. The first-order valence-electron chi connectivity index (χ1n) is 8.75. The van der Waals surface area contributed by atoms with Crippen molar-refractivity contribution in [3.05, 3.63) is 71.0 Å². The number of nitrogens with zero attached hydrogens (tertiary/aromatic N) is 1. The first-order chi connectivity index (χ1) is 12.7. The Kier molecular flexibility index (Phi) is 4.83. The molecule has 3 rings (SSSR count). The molecule has 0 radical (unpaired) electrons. The molecule has 1 N–H and O–H groups in total. The summed E-state index contributed by atoms with van der Waals surface area (Å²) in [7, 11) is 0. The van der Waals surface area contributed by atoms with Gasteiger partial charge in [0.05, 0.1) is 6.54 Å². The number of amides is 3. The van der Waals surface area contributed by atoms with Crippen LogP contribution in [0.3, 0.4) is 0 Å². The summed E-state index contributed by atoms with van der Waals surface area (Å²) in [6.07, 6.45) is 0. The molecule has 0 saturated carbocycles. The van der Waals surface area contributed by atoms with E-state index in [2.05, 4.69) is 19.2 Å². The van der Waals surface area contributed by atoms with Gasteiger partial charge in [-0.25, -0.2) is 9.18 Å². The van der Waals surface area contributed by atoms with Crippen LogP contribution in [0.15, 0.2) is 48.5 Å². The van der Waals surface area contributed by atoms with Crippen molar-refractivity contribution in [3.8, 4) is 0 Å². The van der Waals surface area contributed by atoms with Gasteiger partial charge in [-0.3, -0.25) is 14.5 Å². The molecular weight excluding hydrogens is 347 g/mol. The summed E-state index contributed by atoms with van der Waals surface area (Å²) in [5.41, 5.74) is 0.673. The van der Waals surface area contributed by atoms with Crippen LogP contribution in [0, 0.1) is 5.82 Å². The average Bonchev–Trinajstić information content (AvgIpc) is 2.86. The van der Waals surface area contributed by atoms with Crippen LogP contribution < -0.4 is 5.32 Å². The van der Waals surface area contributed by atoms with Gasteiger partial charge >= 0.3 is 6.03 Å². The second kappa shape index (κ2) is 6.95. The van der Waals surface area contributed by atoms with Crippen LogP contribution in [-0.2, 0) is 10.3 Å². The molecule has 0 aliphatic carbocycles.